The molecule has 96 valence electrons. The lowest BCUT2D eigenvalue weighted by Gasteiger charge is -2.05. The molecule has 0 radical (unpaired) electrons. The molecule has 19 heavy (non-hydrogen) atoms. The van der Waals surface area contributed by atoms with Gasteiger partial charge in [0.1, 0.15) is 0 Å². The van der Waals surface area contributed by atoms with Crippen molar-refractivity contribution in [2.75, 3.05) is 5.32 Å². The van der Waals surface area contributed by atoms with Crippen LogP contribution in [-0.4, -0.2) is 22.0 Å². The molecule has 0 fully saturated rings. The highest BCUT2D eigenvalue weighted by Gasteiger charge is 2.07. The quantitative estimate of drug-likeness (QED) is 0.773. The van der Waals surface area contributed by atoms with E-state index in [1.54, 1.807) is 0 Å². The first-order chi connectivity index (χ1) is 9.06. The lowest BCUT2D eigenvalue weighted by Crippen LogP contribution is -2.14. The zero-order valence-corrected chi connectivity index (χ0v) is 9.71. The standard InChI is InChI=1S/C13H10N2O4/c16-11-6-3-9(7-14-11)12(17)15-10-4-1-8(2-5-10)13(18)19/h1-7H,(H,14,16)(H,15,17)(H,18,19). The van der Waals surface area contributed by atoms with Crippen molar-refractivity contribution in [1.82, 2.24) is 4.98 Å². The molecule has 0 atom stereocenters. The van der Waals surface area contributed by atoms with Crippen LogP contribution in [0.15, 0.2) is 47.4 Å². The van der Waals surface area contributed by atoms with Gasteiger partial charge in [-0.15, -0.1) is 0 Å². The van der Waals surface area contributed by atoms with E-state index in [1.807, 2.05) is 0 Å². The highest BCUT2D eigenvalue weighted by Crippen LogP contribution is 2.10. The second-order valence-corrected chi connectivity index (χ2v) is 3.78. The summed E-state index contributed by atoms with van der Waals surface area (Å²) in [6, 6.07) is 8.43. The van der Waals surface area contributed by atoms with Crippen LogP contribution in [0.4, 0.5) is 5.69 Å². The zero-order chi connectivity index (χ0) is 13.8. The van der Waals surface area contributed by atoms with E-state index < -0.39 is 5.97 Å². The fourth-order valence-electron chi connectivity index (χ4n) is 1.45. The van der Waals surface area contributed by atoms with E-state index in [-0.39, 0.29) is 17.0 Å². The van der Waals surface area contributed by atoms with E-state index in [0.29, 0.717) is 11.3 Å². The number of pyridine rings is 1. The number of carbonyl (C=O) groups excluding carboxylic acids is 1. The average molecular weight is 258 g/mol. The van der Waals surface area contributed by atoms with Crippen molar-refractivity contribution in [2.45, 2.75) is 0 Å². The normalized spacial score (nSPS) is 9.89. The van der Waals surface area contributed by atoms with Gasteiger partial charge in [-0.1, -0.05) is 0 Å². The van der Waals surface area contributed by atoms with Crippen LogP contribution in [0, 0.1) is 0 Å². The van der Waals surface area contributed by atoms with Crippen molar-refractivity contribution >= 4 is 17.6 Å². The Balaban J connectivity index is 2.12. The van der Waals surface area contributed by atoms with E-state index in [9.17, 15) is 14.4 Å². The molecule has 2 rings (SSSR count). The molecule has 6 heteroatoms. The summed E-state index contributed by atoms with van der Waals surface area (Å²) >= 11 is 0. The number of anilines is 1. The van der Waals surface area contributed by atoms with Gasteiger partial charge in [0.25, 0.3) is 5.91 Å². The van der Waals surface area contributed by atoms with Crippen LogP contribution < -0.4 is 10.9 Å². The zero-order valence-electron chi connectivity index (χ0n) is 9.71. The maximum atomic E-state index is 11.8. The third kappa shape index (κ3) is 3.06. The third-order valence-electron chi connectivity index (χ3n) is 2.44. The summed E-state index contributed by atoms with van der Waals surface area (Å²) in [7, 11) is 0. The molecule has 0 saturated carbocycles. The van der Waals surface area contributed by atoms with Gasteiger partial charge < -0.3 is 15.4 Å². The van der Waals surface area contributed by atoms with Gasteiger partial charge in [-0.25, -0.2) is 4.79 Å². The number of aromatic amines is 1. The number of aromatic carboxylic acids is 1. The molecule has 2 aromatic rings. The summed E-state index contributed by atoms with van der Waals surface area (Å²) < 4.78 is 0. The minimum absolute atomic E-state index is 0.141. The number of nitrogens with one attached hydrogen (secondary N) is 2. The van der Waals surface area contributed by atoms with Crippen molar-refractivity contribution in [1.29, 1.82) is 0 Å². The Labute approximate surface area is 107 Å². The number of rotatable bonds is 3. The molecule has 1 amide bonds. The molecule has 0 aliphatic carbocycles. The van der Waals surface area contributed by atoms with Gasteiger partial charge in [0.15, 0.2) is 0 Å². The Morgan fingerprint density at radius 1 is 1.00 bits per heavy atom. The van der Waals surface area contributed by atoms with Crippen LogP contribution in [0.25, 0.3) is 0 Å². The van der Waals surface area contributed by atoms with Gasteiger partial charge in [0, 0.05) is 18.0 Å². The van der Waals surface area contributed by atoms with Crippen LogP contribution in [0.3, 0.4) is 0 Å². The van der Waals surface area contributed by atoms with Crippen molar-refractivity contribution in [3.8, 4) is 0 Å². The number of hydrogen-bond acceptors (Lipinski definition) is 3. The molecule has 1 aromatic heterocycles. The van der Waals surface area contributed by atoms with Crippen LogP contribution in [0.5, 0.6) is 0 Å². The predicted octanol–water partition coefficient (Wildman–Crippen LogP) is 1.33. The van der Waals surface area contributed by atoms with Crippen LogP contribution in [0.1, 0.15) is 20.7 Å². The topological polar surface area (TPSA) is 99.3 Å². The van der Waals surface area contributed by atoms with E-state index in [2.05, 4.69) is 10.3 Å². The third-order valence-corrected chi connectivity index (χ3v) is 2.44. The number of hydrogen-bond donors (Lipinski definition) is 3. The molecule has 1 heterocycles. The highest BCUT2D eigenvalue weighted by atomic mass is 16.4. The lowest BCUT2D eigenvalue weighted by molar-refractivity contribution is 0.0696. The molecule has 0 bridgehead atoms. The number of carboxylic acid groups (broad SMARTS) is 1. The minimum Gasteiger partial charge on any atom is -0.478 e. The Kier molecular flexibility index (Phi) is 3.42. The maximum absolute atomic E-state index is 11.8. The van der Waals surface area contributed by atoms with E-state index in [4.69, 9.17) is 5.11 Å². The Bertz CT molecular complexity index is 653. The number of carbonyl (C=O) groups is 2. The fraction of sp³-hybridized carbons (Fsp3) is 0. The number of carboxylic acids is 1. The SMILES string of the molecule is O=C(O)c1ccc(NC(=O)c2ccc(=O)[nH]c2)cc1. The van der Waals surface area contributed by atoms with E-state index in [0.717, 1.165) is 0 Å². The largest absolute Gasteiger partial charge is 0.478 e. The summed E-state index contributed by atoms with van der Waals surface area (Å²) in [6.07, 6.45) is 1.31. The lowest BCUT2D eigenvalue weighted by atomic mass is 10.2. The van der Waals surface area contributed by atoms with Gasteiger partial charge in [-0.05, 0) is 30.3 Å². The second kappa shape index (κ2) is 5.18. The molecule has 1 aromatic carbocycles. The van der Waals surface area contributed by atoms with Gasteiger partial charge in [0.2, 0.25) is 5.56 Å². The van der Waals surface area contributed by atoms with Gasteiger partial charge in [-0.2, -0.15) is 0 Å². The number of H-pyrrole nitrogens is 1. The summed E-state index contributed by atoms with van der Waals surface area (Å²) in [5.74, 6) is -1.42. The maximum Gasteiger partial charge on any atom is 0.335 e. The first-order valence-electron chi connectivity index (χ1n) is 5.40. The van der Waals surface area contributed by atoms with Gasteiger partial charge in [-0.3, -0.25) is 9.59 Å². The monoisotopic (exact) mass is 258 g/mol. The smallest absolute Gasteiger partial charge is 0.335 e. The predicted molar refractivity (Wildman–Crippen MR) is 68.4 cm³/mol. The summed E-state index contributed by atoms with van der Waals surface area (Å²) in [5.41, 5.74) is 0.632. The molecule has 0 saturated heterocycles. The number of amides is 1. The van der Waals surface area contributed by atoms with Crippen LogP contribution in [0.2, 0.25) is 0 Å². The molecule has 0 aliphatic rings. The molecule has 3 N–H and O–H groups in total. The highest BCUT2D eigenvalue weighted by molar-refractivity contribution is 6.04. The molecular weight excluding hydrogens is 248 g/mol. The molecule has 0 unspecified atom stereocenters. The van der Waals surface area contributed by atoms with Crippen LogP contribution >= 0.6 is 0 Å². The second-order valence-electron chi connectivity index (χ2n) is 3.78. The summed E-state index contributed by atoms with van der Waals surface area (Å²) in [4.78, 5) is 35.7. The molecule has 6 nitrogen and oxygen atoms in total. The Morgan fingerprint density at radius 3 is 2.16 bits per heavy atom. The Hall–Kier alpha value is -2.89. The fourth-order valence-corrected chi connectivity index (χ4v) is 1.45. The minimum atomic E-state index is -1.03. The molecular formula is C13H10N2O4. The Morgan fingerprint density at radius 2 is 1.63 bits per heavy atom. The molecule has 0 spiro atoms. The van der Waals surface area contributed by atoms with E-state index >= 15 is 0 Å². The number of aromatic nitrogens is 1. The number of benzene rings is 1. The average Bonchev–Trinajstić information content (AvgIpc) is 2.40. The molecule has 0 aliphatic heterocycles. The summed E-state index contributed by atoms with van der Waals surface area (Å²) in [6.45, 7) is 0. The van der Waals surface area contributed by atoms with Gasteiger partial charge >= 0.3 is 5.97 Å². The van der Waals surface area contributed by atoms with Crippen LogP contribution in [-0.2, 0) is 0 Å². The van der Waals surface area contributed by atoms with Crippen molar-refractivity contribution in [2.24, 2.45) is 0 Å². The van der Waals surface area contributed by atoms with Crippen molar-refractivity contribution < 1.29 is 14.7 Å². The van der Waals surface area contributed by atoms with Crippen molar-refractivity contribution in [3.63, 3.8) is 0 Å². The van der Waals surface area contributed by atoms with Gasteiger partial charge in [0.05, 0.1) is 11.1 Å². The first kappa shape index (κ1) is 12.6. The summed E-state index contributed by atoms with van der Waals surface area (Å²) in [5, 5.41) is 11.3. The van der Waals surface area contributed by atoms with E-state index in [1.165, 1.54) is 42.6 Å². The first-order valence-corrected chi connectivity index (χ1v) is 5.40. The van der Waals surface area contributed by atoms with Crippen molar-refractivity contribution in [3.05, 3.63) is 64.1 Å².